The molecule has 0 aliphatic rings. The minimum atomic E-state index is -3.35. The van der Waals surface area contributed by atoms with Crippen LogP contribution in [-0.4, -0.2) is 31.0 Å². The number of ether oxygens (including phenoxy) is 1. The van der Waals surface area contributed by atoms with Gasteiger partial charge in [0.1, 0.15) is 5.75 Å². The molecule has 118 valence electrons. The fourth-order valence-corrected chi connectivity index (χ4v) is 2.17. The summed E-state index contributed by atoms with van der Waals surface area (Å²) in [4.78, 5) is 0. The van der Waals surface area contributed by atoms with Crippen LogP contribution < -0.4 is 14.8 Å². The zero-order valence-electron chi connectivity index (χ0n) is 12.6. The molecule has 8 heteroatoms. The van der Waals surface area contributed by atoms with Crippen LogP contribution in [0.5, 0.6) is 5.75 Å². The largest absolute Gasteiger partial charge is 0.491 e. The molecule has 0 saturated heterocycles. The van der Waals surface area contributed by atoms with Gasteiger partial charge in [0.15, 0.2) is 11.6 Å². The molecule has 2 N–H and O–H groups in total. The summed E-state index contributed by atoms with van der Waals surface area (Å²) in [7, 11) is -3.35. The van der Waals surface area contributed by atoms with Crippen LogP contribution in [0.3, 0.4) is 0 Å². The van der Waals surface area contributed by atoms with E-state index in [2.05, 4.69) is 20.2 Å². The normalized spacial score (nSPS) is 11.3. The van der Waals surface area contributed by atoms with Gasteiger partial charge < -0.3 is 10.1 Å². The van der Waals surface area contributed by atoms with Crippen LogP contribution in [0.2, 0.25) is 0 Å². The van der Waals surface area contributed by atoms with Gasteiger partial charge in [0, 0.05) is 5.69 Å². The van der Waals surface area contributed by atoms with E-state index in [4.69, 9.17) is 4.74 Å². The Balaban J connectivity index is 2.01. The Morgan fingerprint density at radius 2 is 1.59 bits per heavy atom. The van der Waals surface area contributed by atoms with E-state index in [0.717, 1.165) is 17.7 Å². The second kappa shape index (κ2) is 6.61. The summed E-state index contributed by atoms with van der Waals surface area (Å²) in [5, 5.41) is 10.8. The number of rotatable bonds is 6. The first-order valence-electron chi connectivity index (χ1n) is 6.67. The zero-order valence-corrected chi connectivity index (χ0v) is 13.4. The third-order valence-corrected chi connectivity index (χ3v) is 3.03. The molecule has 0 aliphatic carbocycles. The maximum absolute atomic E-state index is 11.1. The second-order valence-corrected chi connectivity index (χ2v) is 6.74. The van der Waals surface area contributed by atoms with E-state index < -0.39 is 10.0 Å². The summed E-state index contributed by atoms with van der Waals surface area (Å²) in [5.74, 6) is 1.48. The molecule has 0 fully saturated rings. The molecule has 1 heterocycles. The highest BCUT2D eigenvalue weighted by Crippen LogP contribution is 2.20. The minimum Gasteiger partial charge on any atom is -0.491 e. The van der Waals surface area contributed by atoms with Gasteiger partial charge in [-0.25, -0.2) is 8.42 Å². The molecule has 2 rings (SSSR count). The first kappa shape index (κ1) is 16.0. The van der Waals surface area contributed by atoms with Crippen LogP contribution in [0.4, 0.5) is 17.3 Å². The Labute approximate surface area is 129 Å². The van der Waals surface area contributed by atoms with Gasteiger partial charge in [0.05, 0.1) is 12.4 Å². The molecule has 7 nitrogen and oxygen atoms in total. The van der Waals surface area contributed by atoms with Gasteiger partial charge in [0.2, 0.25) is 10.0 Å². The third kappa shape index (κ3) is 5.21. The smallest absolute Gasteiger partial charge is 0.231 e. The van der Waals surface area contributed by atoms with Gasteiger partial charge in [-0.15, -0.1) is 10.2 Å². The standard InChI is InChI=1S/C14H18N4O3S/c1-10(2)21-12-6-4-11(5-7-12)15-13-8-9-14(17-16-13)18-22(3,19)20/h4-10H,1-3H3,(H,15,16)(H,17,18). The molecule has 0 bridgehead atoms. The van der Waals surface area contributed by atoms with Crippen LogP contribution in [0.1, 0.15) is 13.8 Å². The Morgan fingerprint density at radius 1 is 1.00 bits per heavy atom. The molecule has 2 aromatic rings. The molecular formula is C14H18N4O3S. The van der Waals surface area contributed by atoms with E-state index in [0.29, 0.717) is 5.82 Å². The molecule has 0 saturated carbocycles. The Hall–Kier alpha value is -2.35. The van der Waals surface area contributed by atoms with E-state index in [9.17, 15) is 8.42 Å². The quantitative estimate of drug-likeness (QED) is 0.848. The SMILES string of the molecule is CC(C)Oc1ccc(Nc2ccc(NS(C)(=O)=O)nn2)cc1. The zero-order chi connectivity index (χ0) is 16.2. The van der Waals surface area contributed by atoms with E-state index in [1.807, 2.05) is 38.1 Å². The lowest BCUT2D eigenvalue weighted by Gasteiger charge is -2.10. The Bertz CT molecular complexity index is 713. The lowest BCUT2D eigenvalue weighted by atomic mass is 10.3. The van der Waals surface area contributed by atoms with Crippen molar-refractivity contribution in [3.8, 4) is 5.75 Å². The highest BCUT2D eigenvalue weighted by Gasteiger charge is 2.04. The molecule has 1 aromatic heterocycles. The maximum atomic E-state index is 11.1. The number of hydrogen-bond donors (Lipinski definition) is 2. The summed E-state index contributed by atoms with van der Waals surface area (Å²) in [5.41, 5.74) is 0.828. The molecular weight excluding hydrogens is 304 g/mol. The highest BCUT2D eigenvalue weighted by molar-refractivity contribution is 7.92. The van der Waals surface area contributed by atoms with Gasteiger partial charge in [-0.05, 0) is 50.2 Å². The number of anilines is 3. The van der Waals surface area contributed by atoms with E-state index >= 15 is 0 Å². The van der Waals surface area contributed by atoms with Crippen molar-refractivity contribution in [3.05, 3.63) is 36.4 Å². The fraction of sp³-hybridized carbons (Fsp3) is 0.286. The number of aromatic nitrogens is 2. The number of nitrogens with zero attached hydrogens (tertiary/aromatic N) is 2. The molecule has 0 amide bonds. The van der Waals surface area contributed by atoms with E-state index in [1.54, 1.807) is 6.07 Å². The number of hydrogen-bond acceptors (Lipinski definition) is 6. The Morgan fingerprint density at radius 3 is 2.09 bits per heavy atom. The predicted molar refractivity (Wildman–Crippen MR) is 86.0 cm³/mol. The molecule has 0 unspecified atom stereocenters. The third-order valence-electron chi connectivity index (χ3n) is 2.45. The lowest BCUT2D eigenvalue weighted by molar-refractivity contribution is 0.242. The van der Waals surface area contributed by atoms with Crippen LogP contribution in [0.25, 0.3) is 0 Å². The number of nitrogens with one attached hydrogen (secondary N) is 2. The predicted octanol–water partition coefficient (Wildman–Crippen LogP) is 2.38. The average Bonchev–Trinajstić information content (AvgIpc) is 2.41. The van der Waals surface area contributed by atoms with Crippen molar-refractivity contribution in [1.29, 1.82) is 0 Å². The summed E-state index contributed by atoms with van der Waals surface area (Å²) in [6, 6.07) is 10.6. The molecule has 0 spiro atoms. The van der Waals surface area contributed by atoms with Crippen LogP contribution in [0.15, 0.2) is 36.4 Å². The van der Waals surface area contributed by atoms with Crippen molar-refractivity contribution < 1.29 is 13.2 Å². The summed E-state index contributed by atoms with van der Waals surface area (Å²) < 4.78 is 30.0. The van der Waals surface area contributed by atoms with Gasteiger partial charge in [-0.3, -0.25) is 4.72 Å². The molecule has 0 atom stereocenters. The second-order valence-electron chi connectivity index (χ2n) is 4.99. The van der Waals surface area contributed by atoms with Crippen molar-refractivity contribution in [2.75, 3.05) is 16.3 Å². The summed E-state index contributed by atoms with van der Waals surface area (Å²) >= 11 is 0. The summed E-state index contributed by atoms with van der Waals surface area (Å²) in [6.45, 7) is 3.93. The first-order valence-corrected chi connectivity index (χ1v) is 8.56. The molecule has 0 aliphatic heterocycles. The van der Waals surface area contributed by atoms with Crippen molar-refractivity contribution >= 4 is 27.3 Å². The van der Waals surface area contributed by atoms with Crippen molar-refractivity contribution in [2.24, 2.45) is 0 Å². The Kier molecular flexibility index (Phi) is 4.81. The minimum absolute atomic E-state index is 0.125. The van der Waals surface area contributed by atoms with Crippen molar-refractivity contribution in [3.63, 3.8) is 0 Å². The fourth-order valence-electron chi connectivity index (χ4n) is 1.68. The maximum Gasteiger partial charge on any atom is 0.231 e. The lowest BCUT2D eigenvalue weighted by Crippen LogP contribution is -2.11. The first-order chi connectivity index (χ1) is 10.3. The van der Waals surface area contributed by atoms with Crippen molar-refractivity contribution in [1.82, 2.24) is 10.2 Å². The highest BCUT2D eigenvalue weighted by atomic mass is 32.2. The molecule has 22 heavy (non-hydrogen) atoms. The van der Waals surface area contributed by atoms with Crippen LogP contribution in [-0.2, 0) is 10.0 Å². The van der Waals surface area contributed by atoms with Crippen LogP contribution >= 0.6 is 0 Å². The van der Waals surface area contributed by atoms with Gasteiger partial charge >= 0.3 is 0 Å². The van der Waals surface area contributed by atoms with Gasteiger partial charge in [-0.2, -0.15) is 0 Å². The molecule has 0 radical (unpaired) electrons. The van der Waals surface area contributed by atoms with Crippen molar-refractivity contribution in [2.45, 2.75) is 20.0 Å². The summed E-state index contributed by atoms with van der Waals surface area (Å²) in [6.07, 6.45) is 1.18. The number of benzene rings is 1. The molecule has 1 aromatic carbocycles. The van der Waals surface area contributed by atoms with Gasteiger partial charge in [0.25, 0.3) is 0 Å². The monoisotopic (exact) mass is 322 g/mol. The average molecular weight is 322 g/mol. The number of sulfonamides is 1. The van der Waals surface area contributed by atoms with Crippen LogP contribution in [0, 0.1) is 0 Å². The van der Waals surface area contributed by atoms with Gasteiger partial charge in [-0.1, -0.05) is 0 Å². The van der Waals surface area contributed by atoms with E-state index in [-0.39, 0.29) is 11.9 Å². The topological polar surface area (TPSA) is 93.2 Å². The van der Waals surface area contributed by atoms with E-state index in [1.165, 1.54) is 6.07 Å².